The zero-order chi connectivity index (χ0) is 30.3. The summed E-state index contributed by atoms with van der Waals surface area (Å²) in [5.41, 5.74) is 4.70. The molecule has 0 fully saturated rings. The molecule has 0 spiro atoms. The molecule has 1 atom stereocenters. The van der Waals surface area contributed by atoms with Gasteiger partial charge in [0.25, 0.3) is 5.91 Å². The van der Waals surface area contributed by atoms with Crippen LogP contribution in [0.5, 0.6) is 17.2 Å². The van der Waals surface area contributed by atoms with Crippen molar-refractivity contribution in [2.75, 3.05) is 46.0 Å². The van der Waals surface area contributed by atoms with Gasteiger partial charge in [0, 0.05) is 52.1 Å². The molecule has 0 aliphatic heterocycles. The molecule has 3 aromatic heterocycles. The largest absolute Gasteiger partial charge is 0.493 e. The number of ether oxygens (including phenoxy) is 3. The van der Waals surface area contributed by atoms with Gasteiger partial charge in [0.1, 0.15) is 0 Å². The van der Waals surface area contributed by atoms with Crippen LogP contribution in [-0.2, 0) is 6.42 Å². The number of nitrogens with zero attached hydrogens (tertiary/aromatic N) is 2. The van der Waals surface area contributed by atoms with E-state index in [0.717, 1.165) is 38.5 Å². The van der Waals surface area contributed by atoms with Gasteiger partial charge in [-0.05, 0) is 66.1 Å². The second-order valence-corrected chi connectivity index (χ2v) is 12.0. The Balaban J connectivity index is 1.28. The number of rotatable bonds is 13. The number of amides is 1. The van der Waals surface area contributed by atoms with Crippen molar-refractivity contribution in [3.63, 3.8) is 0 Å². The van der Waals surface area contributed by atoms with E-state index in [1.54, 1.807) is 45.4 Å². The maximum absolute atomic E-state index is 13.5. The maximum atomic E-state index is 13.5. The highest BCUT2D eigenvalue weighted by molar-refractivity contribution is 9.10. The summed E-state index contributed by atoms with van der Waals surface area (Å²) in [7, 11) is 4.68. The summed E-state index contributed by atoms with van der Waals surface area (Å²) < 4.78 is 17.4. The molecule has 0 radical (unpaired) electrons. The number of methoxy groups -OCH3 is 3. The average Bonchev–Trinajstić information content (AvgIpc) is 3.45. The highest BCUT2D eigenvalue weighted by Gasteiger charge is 2.19. The molecule has 11 heteroatoms. The Kier molecular flexibility index (Phi) is 10.1. The van der Waals surface area contributed by atoms with Crippen LogP contribution in [0.2, 0.25) is 0 Å². The van der Waals surface area contributed by atoms with Gasteiger partial charge >= 0.3 is 0 Å². The number of aliphatic hydroxyl groups excluding tert-OH is 1. The van der Waals surface area contributed by atoms with Gasteiger partial charge in [-0.2, -0.15) is 11.8 Å². The lowest BCUT2D eigenvalue weighted by molar-refractivity contribution is 0.0957. The minimum absolute atomic E-state index is 0.0959. The van der Waals surface area contributed by atoms with E-state index in [-0.39, 0.29) is 18.4 Å². The van der Waals surface area contributed by atoms with Gasteiger partial charge in [-0.3, -0.25) is 9.78 Å². The number of carbonyl (C=O) groups excluding carboxylic acids is 1. The van der Waals surface area contributed by atoms with Gasteiger partial charge in [-0.25, -0.2) is 4.98 Å². The van der Waals surface area contributed by atoms with Gasteiger partial charge in [0.05, 0.1) is 49.8 Å². The summed E-state index contributed by atoms with van der Waals surface area (Å²) >= 11 is 5.24. The lowest BCUT2D eigenvalue weighted by Gasteiger charge is -2.15. The van der Waals surface area contributed by atoms with Crippen LogP contribution >= 0.6 is 27.7 Å². The summed E-state index contributed by atoms with van der Waals surface area (Å²) in [6.45, 7) is 0.580. The standard InChI is InChI=1S/C32H33BrN4O5S/c1-40-29-11-20(12-30(41-2)31(29)42-3)27-14-25(24-13-22(33)4-5-26(24)37-27)32(39)35-8-9-43-18-19(17-38)10-21-15-36-28-16-34-7-6-23(21)28/h4-7,11-16,19,36,38H,8-10,17-18H2,1-3H3,(H,35,39). The Morgan fingerprint density at radius 2 is 1.86 bits per heavy atom. The molecule has 0 bridgehead atoms. The molecule has 0 aliphatic carbocycles. The number of benzene rings is 2. The predicted molar refractivity (Wildman–Crippen MR) is 175 cm³/mol. The summed E-state index contributed by atoms with van der Waals surface area (Å²) in [5, 5.41) is 14.9. The van der Waals surface area contributed by atoms with Crippen molar-refractivity contribution in [1.82, 2.24) is 20.3 Å². The molecular weight excluding hydrogens is 632 g/mol. The van der Waals surface area contributed by atoms with Crippen LogP contribution in [0, 0.1) is 5.92 Å². The number of carbonyl (C=O) groups is 1. The van der Waals surface area contributed by atoms with E-state index >= 15 is 0 Å². The Labute approximate surface area is 262 Å². The number of hydrogen-bond donors (Lipinski definition) is 3. The van der Waals surface area contributed by atoms with E-state index in [9.17, 15) is 9.90 Å². The highest BCUT2D eigenvalue weighted by Crippen LogP contribution is 2.41. The summed E-state index contributed by atoms with van der Waals surface area (Å²) in [6.07, 6.45) is 6.34. The van der Waals surface area contributed by atoms with Crippen LogP contribution in [-0.4, -0.2) is 72.0 Å². The van der Waals surface area contributed by atoms with Crippen molar-refractivity contribution >= 4 is 55.4 Å². The molecule has 0 saturated carbocycles. The van der Waals surface area contributed by atoms with Crippen LogP contribution in [0.1, 0.15) is 15.9 Å². The van der Waals surface area contributed by atoms with E-state index in [1.165, 1.54) is 5.56 Å². The third-order valence-electron chi connectivity index (χ3n) is 7.20. The van der Waals surface area contributed by atoms with Crippen LogP contribution in [0.25, 0.3) is 33.1 Å². The van der Waals surface area contributed by atoms with Crippen molar-refractivity contribution in [2.45, 2.75) is 6.42 Å². The van der Waals surface area contributed by atoms with E-state index in [1.807, 2.05) is 48.8 Å². The SMILES string of the molecule is COc1cc(-c2cc(C(=O)NCCSCC(CO)Cc3c[nH]c4cnccc34)c3cc(Br)ccc3n2)cc(OC)c1OC. The first-order valence-corrected chi connectivity index (χ1v) is 15.7. The van der Waals surface area contributed by atoms with Gasteiger partial charge in [-0.1, -0.05) is 15.9 Å². The van der Waals surface area contributed by atoms with Gasteiger partial charge < -0.3 is 29.6 Å². The van der Waals surface area contributed by atoms with E-state index in [4.69, 9.17) is 19.2 Å². The lowest BCUT2D eigenvalue weighted by atomic mass is 10.0. The number of pyridine rings is 2. The maximum Gasteiger partial charge on any atom is 0.252 e. The Bertz CT molecular complexity index is 1720. The number of halogens is 1. The molecule has 0 aliphatic rings. The number of aromatic nitrogens is 3. The highest BCUT2D eigenvalue weighted by atomic mass is 79.9. The fourth-order valence-corrected chi connectivity index (χ4v) is 6.36. The topological polar surface area (TPSA) is 119 Å². The number of thioether (sulfide) groups is 1. The summed E-state index contributed by atoms with van der Waals surface area (Å²) in [6, 6.07) is 13.1. The Hall–Kier alpha value is -3.80. The van der Waals surface area contributed by atoms with E-state index in [0.29, 0.717) is 46.3 Å². The van der Waals surface area contributed by atoms with Crippen LogP contribution in [0.3, 0.4) is 0 Å². The Morgan fingerprint density at radius 1 is 1.07 bits per heavy atom. The molecular formula is C32H33BrN4O5S. The molecule has 0 saturated heterocycles. The molecule has 1 amide bonds. The number of aliphatic hydroxyl groups is 1. The fraction of sp³-hybridized carbons (Fsp3) is 0.281. The molecule has 3 heterocycles. The first kappa shape index (κ1) is 30.7. The average molecular weight is 666 g/mol. The molecule has 43 heavy (non-hydrogen) atoms. The summed E-state index contributed by atoms with van der Waals surface area (Å²) in [4.78, 5) is 25.7. The molecule has 2 aromatic carbocycles. The third kappa shape index (κ3) is 6.90. The lowest BCUT2D eigenvalue weighted by Crippen LogP contribution is -2.26. The quantitative estimate of drug-likeness (QED) is 0.134. The minimum atomic E-state index is -0.189. The number of fused-ring (bicyclic) bond motifs is 2. The monoisotopic (exact) mass is 664 g/mol. The third-order valence-corrected chi connectivity index (χ3v) is 8.89. The number of H-pyrrole nitrogens is 1. The fourth-order valence-electron chi connectivity index (χ4n) is 5.03. The Morgan fingerprint density at radius 3 is 2.58 bits per heavy atom. The smallest absolute Gasteiger partial charge is 0.252 e. The molecule has 3 N–H and O–H groups in total. The second kappa shape index (κ2) is 14.1. The second-order valence-electron chi connectivity index (χ2n) is 9.95. The van der Waals surface area contributed by atoms with Crippen molar-refractivity contribution in [3.05, 3.63) is 76.7 Å². The van der Waals surface area contributed by atoms with Gasteiger partial charge in [0.2, 0.25) is 5.75 Å². The zero-order valence-electron chi connectivity index (χ0n) is 24.1. The van der Waals surface area contributed by atoms with Crippen molar-refractivity contribution in [1.29, 1.82) is 0 Å². The molecule has 224 valence electrons. The van der Waals surface area contributed by atoms with E-state index in [2.05, 4.69) is 31.2 Å². The number of nitrogens with one attached hydrogen (secondary N) is 2. The first-order valence-electron chi connectivity index (χ1n) is 13.7. The van der Waals surface area contributed by atoms with Crippen LogP contribution in [0.4, 0.5) is 0 Å². The number of hydrogen-bond acceptors (Lipinski definition) is 8. The molecule has 1 unspecified atom stereocenters. The molecule has 5 aromatic rings. The van der Waals surface area contributed by atoms with Crippen molar-refractivity contribution < 1.29 is 24.1 Å². The van der Waals surface area contributed by atoms with Gasteiger partial charge in [-0.15, -0.1) is 0 Å². The molecule has 9 nitrogen and oxygen atoms in total. The van der Waals surface area contributed by atoms with Crippen molar-refractivity contribution in [2.24, 2.45) is 5.92 Å². The zero-order valence-corrected chi connectivity index (χ0v) is 26.5. The van der Waals surface area contributed by atoms with Crippen molar-refractivity contribution in [3.8, 4) is 28.5 Å². The first-order chi connectivity index (χ1) is 20.9. The van der Waals surface area contributed by atoms with E-state index < -0.39 is 0 Å². The van der Waals surface area contributed by atoms with Crippen LogP contribution in [0.15, 0.2) is 65.5 Å². The summed E-state index contributed by atoms with van der Waals surface area (Å²) in [5.74, 6) is 2.89. The predicted octanol–water partition coefficient (Wildman–Crippen LogP) is 5.88. The molecule has 5 rings (SSSR count). The van der Waals surface area contributed by atoms with Crippen LogP contribution < -0.4 is 19.5 Å². The minimum Gasteiger partial charge on any atom is -0.493 e. The normalized spacial score (nSPS) is 11.9. The van der Waals surface area contributed by atoms with Gasteiger partial charge in [0.15, 0.2) is 11.5 Å². The number of aromatic amines is 1.